The van der Waals surface area contributed by atoms with Gasteiger partial charge in [-0.15, -0.1) is 0 Å². The van der Waals surface area contributed by atoms with Crippen LogP contribution in [0.5, 0.6) is 0 Å². The lowest BCUT2D eigenvalue weighted by atomic mass is 9.92. The van der Waals surface area contributed by atoms with Gasteiger partial charge in [0.2, 0.25) is 10.0 Å². The van der Waals surface area contributed by atoms with E-state index in [9.17, 15) is 12.8 Å². The summed E-state index contributed by atoms with van der Waals surface area (Å²) < 4.78 is 39.8. The third kappa shape index (κ3) is 3.07. The number of hydrogen-bond acceptors (Lipinski definition) is 3. The van der Waals surface area contributed by atoms with Crippen LogP contribution in [0, 0.1) is 5.82 Å². The highest BCUT2D eigenvalue weighted by atomic mass is 32.2. The number of nitrogens with one attached hydrogen (secondary N) is 2. The monoisotopic (exact) mass is 272 g/mol. The van der Waals surface area contributed by atoms with Crippen molar-refractivity contribution in [3.8, 4) is 0 Å². The largest absolute Gasteiger partial charge is 0.317 e. The van der Waals surface area contributed by atoms with E-state index in [1.54, 1.807) is 0 Å². The van der Waals surface area contributed by atoms with Crippen LogP contribution < -0.4 is 10.0 Å². The first-order valence-electron chi connectivity index (χ1n) is 5.92. The lowest BCUT2D eigenvalue weighted by Gasteiger charge is -2.34. The van der Waals surface area contributed by atoms with Crippen LogP contribution in [0.25, 0.3) is 0 Å². The first kappa shape index (κ1) is 13.5. The summed E-state index contributed by atoms with van der Waals surface area (Å²) in [5.74, 6) is -0.443. The van der Waals surface area contributed by atoms with Crippen LogP contribution in [0.2, 0.25) is 0 Å². The average molecular weight is 272 g/mol. The molecule has 2 rings (SSSR count). The number of hydrogen-bond donors (Lipinski definition) is 2. The lowest BCUT2D eigenvalue weighted by Crippen LogP contribution is -2.52. The minimum absolute atomic E-state index is 0.101. The smallest absolute Gasteiger partial charge is 0.241 e. The summed E-state index contributed by atoms with van der Waals surface area (Å²) in [6, 6.07) is 4.86. The van der Waals surface area contributed by atoms with Crippen LogP contribution in [0.15, 0.2) is 29.2 Å². The van der Waals surface area contributed by atoms with E-state index in [1.807, 2.05) is 6.92 Å². The molecule has 1 fully saturated rings. The summed E-state index contributed by atoms with van der Waals surface area (Å²) in [5, 5.41) is 3.19. The maximum absolute atomic E-state index is 12.8. The van der Waals surface area contributed by atoms with Crippen molar-refractivity contribution in [1.29, 1.82) is 0 Å². The number of rotatable bonds is 3. The summed E-state index contributed by atoms with van der Waals surface area (Å²) in [7, 11) is -3.58. The van der Waals surface area contributed by atoms with Crippen molar-refractivity contribution in [2.75, 3.05) is 13.1 Å². The Morgan fingerprint density at radius 2 is 1.78 bits per heavy atom. The molecule has 0 aromatic heterocycles. The molecular weight excluding hydrogens is 255 g/mol. The second-order valence-corrected chi connectivity index (χ2v) is 6.55. The van der Waals surface area contributed by atoms with Gasteiger partial charge in [-0.25, -0.2) is 17.5 Å². The first-order chi connectivity index (χ1) is 8.41. The van der Waals surface area contributed by atoms with Gasteiger partial charge in [-0.1, -0.05) is 0 Å². The van der Waals surface area contributed by atoms with Gasteiger partial charge in [0, 0.05) is 5.54 Å². The number of piperidine rings is 1. The van der Waals surface area contributed by atoms with E-state index in [1.165, 1.54) is 12.1 Å². The van der Waals surface area contributed by atoms with Gasteiger partial charge in [0.25, 0.3) is 0 Å². The molecule has 4 nitrogen and oxygen atoms in total. The molecule has 0 aliphatic carbocycles. The molecule has 0 bridgehead atoms. The summed E-state index contributed by atoms with van der Waals surface area (Å²) >= 11 is 0. The maximum Gasteiger partial charge on any atom is 0.241 e. The molecule has 1 aromatic rings. The fourth-order valence-electron chi connectivity index (χ4n) is 2.08. The molecule has 0 saturated carbocycles. The second kappa shape index (κ2) is 4.95. The molecule has 6 heteroatoms. The summed E-state index contributed by atoms with van der Waals surface area (Å²) in [6.07, 6.45) is 1.49. The Labute approximate surface area is 107 Å². The van der Waals surface area contributed by atoms with Crippen LogP contribution in [0.4, 0.5) is 4.39 Å². The molecule has 100 valence electrons. The van der Waals surface area contributed by atoms with Gasteiger partial charge in [-0.2, -0.15) is 0 Å². The number of benzene rings is 1. The maximum atomic E-state index is 12.8. The fraction of sp³-hybridized carbons (Fsp3) is 0.500. The zero-order valence-electron chi connectivity index (χ0n) is 10.2. The molecule has 0 spiro atoms. The minimum Gasteiger partial charge on any atom is -0.317 e. The molecular formula is C12H17FN2O2S. The second-order valence-electron chi connectivity index (χ2n) is 4.87. The zero-order valence-corrected chi connectivity index (χ0v) is 11.1. The SMILES string of the molecule is CC1(NS(=O)(=O)c2ccc(F)cc2)CCNCC1. The van der Waals surface area contributed by atoms with Gasteiger partial charge in [0.1, 0.15) is 5.82 Å². The van der Waals surface area contributed by atoms with Crippen LogP contribution in [-0.2, 0) is 10.0 Å². The Kier molecular flexibility index (Phi) is 3.70. The molecule has 0 unspecified atom stereocenters. The molecule has 0 radical (unpaired) electrons. The Balaban J connectivity index is 2.18. The third-order valence-corrected chi connectivity index (χ3v) is 4.87. The normalized spacial score (nSPS) is 19.7. The molecule has 2 N–H and O–H groups in total. The van der Waals surface area contributed by atoms with E-state index in [4.69, 9.17) is 0 Å². The van der Waals surface area contributed by atoms with E-state index >= 15 is 0 Å². The molecule has 1 aliphatic heterocycles. The summed E-state index contributed by atoms with van der Waals surface area (Å²) in [4.78, 5) is 0.101. The van der Waals surface area contributed by atoms with Crippen LogP contribution >= 0.6 is 0 Å². The van der Waals surface area contributed by atoms with E-state index in [-0.39, 0.29) is 4.90 Å². The Morgan fingerprint density at radius 1 is 1.22 bits per heavy atom. The highest BCUT2D eigenvalue weighted by molar-refractivity contribution is 7.89. The van der Waals surface area contributed by atoms with E-state index in [0.717, 1.165) is 38.1 Å². The van der Waals surface area contributed by atoms with Crippen LogP contribution in [0.1, 0.15) is 19.8 Å². The number of halogens is 1. The van der Waals surface area contributed by atoms with E-state index in [2.05, 4.69) is 10.0 Å². The fourth-order valence-corrected chi connectivity index (χ4v) is 3.54. The van der Waals surface area contributed by atoms with Gasteiger partial charge >= 0.3 is 0 Å². The zero-order chi connectivity index (χ0) is 13.2. The van der Waals surface area contributed by atoms with E-state index in [0.29, 0.717) is 0 Å². The number of sulfonamides is 1. The van der Waals surface area contributed by atoms with Crippen molar-refractivity contribution in [2.45, 2.75) is 30.2 Å². The predicted molar refractivity (Wildman–Crippen MR) is 67.2 cm³/mol. The van der Waals surface area contributed by atoms with Crippen LogP contribution in [-0.4, -0.2) is 27.0 Å². The molecule has 0 atom stereocenters. The Bertz CT molecular complexity index is 507. The summed E-state index contributed by atoms with van der Waals surface area (Å²) in [6.45, 7) is 3.49. The van der Waals surface area contributed by atoms with Crippen molar-refractivity contribution < 1.29 is 12.8 Å². The van der Waals surface area contributed by atoms with Crippen molar-refractivity contribution in [3.05, 3.63) is 30.1 Å². The van der Waals surface area contributed by atoms with Gasteiger partial charge in [-0.05, 0) is 57.1 Å². The van der Waals surface area contributed by atoms with Gasteiger partial charge in [-0.3, -0.25) is 0 Å². The van der Waals surface area contributed by atoms with Crippen molar-refractivity contribution in [1.82, 2.24) is 10.0 Å². The van der Waals surface area contributed by atoms with Gasteiger partial charge < -0.3 is 5.32 Å². The van der Waals surface area contributed by atoms with Gasteiger partial charge in [0.15, 0.2) is 0 Å². The molecule has 1 saturated heterocycles. The molecule has 1 aliphatic rings. The molecule has 18 heavy (non-hydrogen) atoms. The average Bonchev–Trinajstić information content (AvgIpc) is 2.29. The van der Waals surface area contributed by atoms with Crippen molar-refractivity contribution in [2.24, 2.45) is 0 Å². The third-order valence-electron chi connectivity index (χ3n) is 3.21. The highest BCUT2D eigenvalue weighted by Crippen LogP contribution is 2.21. The Hall–Kier alpha value is -0.980. The predicted octanol–water partition coefficient (Wildman–Crippen LogP) is 1.25. The van der Waals surface area contributed by atoms with Crippen LogP contribution in [0.3, 0.4) is 0 Å². The quantitative estimate of drug-likeness (QED) is 0.870. The minimum atomic E-state index is -3.58. The first-order valence-corrected chi connectivity index (χ1v) is 7.40. The van der Waals surface area contributed by atoms with E-state index < -0.39 is 21.4 Å². The van der Waals surface area contributed by atoms with Crippen molar-refractivity contribution >= 4 is 10.0 Å². The van der Waals surface area contributed by atoms with Gasteiger partial charge in [0.05, 0.1) is 4.90 Å². The Morgan fingerprint density at radius 3 is 2.33 bits per heavy atom. The summed E-state index contributed by atoms with van der Waals surface area (Å²) in [5.41, 5.74) is -0.432. The molecule has 1 heterocycles. The van der Waals surface area contributed by atoms with Crippen molar-refractivity contribution in [3.63, 3.8) is 0 Å². The molecule has 1 aromatic carbocycles. The standard InChI is InChI=1S/C12H17FN2O2S/c1-12(6-8-14-9-7-12)15-18(16,17)11-4-2-10(13)3-5-11/h2-5,14-15H,6-9H2,1H3. The topological polar surface area (TPSA) is 58.2 Å². The molecule has 0 amide bonds. The highest BCUT2D eigenvalue weighted by Gasteiger charge is 2.31. The lowest BCUT2D eigenvalue weighted by molar-refractivity contribution is 0.308.